The predicted molar refractivity (Wildman–Crippen MR) is 97.0 cm³/mol. The van der Waals surface area contributed by atoms with Crippen molar-refractivity contribution in [1.82, 2.24) is 4.90 Å². The van der Waals surface area contributed by atoms with Gasteiger partial charge in [0.1, 0.15) is 6.61 Å². The van der Waals surface area contributed by atoms with Gasteiger partial charge in [0.15, 0.2) is 0 Å². The van der Waals surface area contributed by atoms with Crippen LogP contribution in [0.5, 0.6) is 0 Å². The third-order valence-electron chi connectivity index (χ3n) is 5.89. The van der Waals surface area contributed by atoms with Crippen LogP contribution in [0.4, 0.5) is 4.79 Å². The van der Waals surface area contributed by atoms with Gasteiger partial charge in [-0.05, 0) is 29.9 Å². The topological polar surface area (TPSA) is 66.8 Å². The van der Waals surface area contributed by atoms with Crippen LogP contribution in [0.1, 0.15) is 35.8 Å². The largest absolute Gasteiger partial charge is 0.481 e. The van der Waals surface area contributed by atoms with Crippen LogP contribution >= 0.6 is 0 Å². The molecular formula is C21H23NO4. The fourth-order valence-electron chi connectivity index (χ4n) is 4.44. The monoisotopic (exact) mass is 353 g/mol. The van der Waals surface area contributed by atoms with Crippen LogP contribution in [-0.2, 0) is 9.53 Å². The average Bonchev–Trinajstić information content (AvgIpc) is 3.00. The number of amides is 1. The minimum Gasteiger partial charge on any atom is -0.481 e. The summed E-state index contributed by atoms with van der Waals surface area (Å²) in [4.78, 5) is 25.1. The van der Waals surface area contributed by atoms with E-state index in [1.807, 2.05) is 6.07 Å². The third kappa shape index (κ3) is 3.02. The molecule has 1 saturated heterocycles. The van der Waals surface area contributed by atoms with Gasteiger partial charge < -0.3 is 14.7 Å². The number of hydrogen-bond acceptors (Lipinski definition) is 3. The first-order valence-corrected chi connectivity index (χ1v) is 9.23. The van der Waals surface area contributed by atoms with Crippen molar-refractivity contribution in [2.75, 3.05) is 19.7 Å². The number of aliphatic carboxylic acids is 1. The van der Waals surface area contributed by atoms with Crippen LogP contribution < -0.4 is 0 Å². The fraction of sp³-hybridized carbons (Fsp3) is 0.429. The Morgan fingerprint density at radius 2 is 1.77 bits per heavy atom. The third-order valence-corrected chi connectivity index (χ3v) is 5.89. The molecule has 5 nitrogen and oxygen atoms in total. The normalized spacial score (nSPS) is 27.1. The molecule has 1 amide bonds. The SMILES string of the molecule is O=C(O)C1CCN(C(=O)OCC2c3ccccc3C3C=CC=CC32)CC1. The molecule has 1 aliphatic heterocycles. The molecule has 0 aromatic heterocycles. The molecule has 1 N–H and O–H groups in total. The minimum absolute atomic E-state index is 0.165. The molecule has 136 valence electrons. The average molecular weight is 353 g/mol. The van der Waals surface area contributed by atoms with Gasteiger partial charge in [-0.2, -0.15) is 0 Å². The quantitative estimate of drug-likeness (QED) is 0.902. The number of benzene rings is 1. The van der Waals surface area contributed by atoms with Crippen LogP contribution in [0.25, 0.3) is 0 Å². The Hall–Kier alpha value is -2.56. The molecule has 0 spiro atoms. The van der Waals surface area contributed by atoms with Gasteiger partial charge in [0.25, 0.3) is 0 Å². The molecule has 1 aromatic rings. The molecule has 0 bridgehead atoms. The first kappa shape index (κ1) is 16.9. The molecule has 3 aliphatic rings. The smallest absolute Gasteiger partial charge is 0.409 e. The first-order valence-electron chi connectivity index (χ1n) is 9.23. The van der Waals surface area contributed by atoms with E-state index in [-0.39, 0.29) is 17.9 Å². The molecule has 26 heavy (non-hydrogen) atoms. The standard InChI is InChI=1S/C21H23NO4/c23-20(24)14-9-11-22(12-10-14)21(25)26-13-19-17-7-3-1-5-15(17)16-6-2-4-8-18(16)19/h1-8,14-15,17,19H,9-13H2,(H,23,24). The van der Waals surface area contributed by atoms with E-state index in [1.165, 1.54) is 11.1 Å². The lowest BCUT2D eigenvalue weighted by atomic mass is 9.84. The lowest BCUT2D eigenvalue weighted by Crippen LogP contribution is -2.41. The Morgan fingerprint density at radius 3 is 2.50 bits per heavy atom. The van der Waals surface area contributed by atoms with E-state index >= 15 is 0 Å². The van der Waals surface area contributed by atoms with Gasteiger partial charge >= 0.3 is 12.1 Å². The van der Waals surface area contributed by atoms with Crippen molar-refractivity contribution in [3.8, 4) is 0 Å². The van der Waals surface area contributed by atoms with Crippen LogP contribution in [0.15, 0.2) is 48.6 Å². The number of ether oxygens (including phenoxy) is 1. The van der Waals surface area contributed by atoms with Gasteiger partial charge in [-0.15, -0.1) is 0 Å². The summed E-state index contributed by atoms with van der Waals surface area (Å²) >= 11 is 0. The highest BCUT2D eigenvalue weighted by Gasteiger charge is 2.39. The number of carboxylic acid groups (broad SMARTS) is 1. The molecule has 0 saturated carbocycles. The Morgan fingerprint density at radius 1 is 1.08 bits per heavy atom. The lowest BCUT2D eigenvalue weighted by Gasteiger charge is -2.30. The number of carbonyl (C=O) groups is 2. The van der Waals surface area contributed by atoms with E-state index < -0.39 is 5.97 Å². The number of nitrogens with zero attached hydrogens (tertiary/aromatic N) is 1. The van der Waals surface area contributed by atoms with Crippen LogP contribution in [0.2, 0.25) is 0 Å². The van der Waals surface area contributed by atoms with E-state index in [4.69, 9.17) is 9.84 Å². The Balaban J connectivity index is 1.40. The first-order chi connectivity index (χ1) is 12.6. The number of piperidine rings is 1. The number of allylic oxidation sites excluding steroid dienone is 4. The van der Waals surface area contributed by atoms with Gasteiger partial charge in [-0.3, -0.25) is 4.79 Å². The molecular weight excluding hydrogens is 330 g/mol. The van der Waals surface area contributed by atoms with Gasteiger partial charge in [0.05, 0.1) is 5.92 Å². The van der Waals surface area contributed by atoms with Crippen molar-refractivity contribution in [1.29, 1.82) is 0 Å². The molecule has 1 heterocycles. The zero-order valence-electron chi connectivity index (χ0n) is 14.6. The van der Waals surface area contributed by atoms with E-state index in [1.54, 1.807) is 4.90 Å². The fourth-order valence-corrected chi connectivity index (χ4v) is 4.44. The molecule has 5 heteroatoms. The summed E-state index contributed by atoms with van der Waals surface area (Å²) in [5.41, 5.74) is 2.58. The molecule has 4 rings (SSSR count). The van der Waals surface area contributed by atoms with Crippen molar-refractivity contribution in [3.05, 3.63) is 59.7 Å². The van der Waals surface area contributed by atoms with Crippen molar-refractivity contribution in [3.63, 3.8) is 0 Å². The van der Waals surface area contributed by atoms with Gasteiger partial charge in [0, 0.05) is 24.9 Å². The molecule has 1 aromatic carbocycles. The lowest BCUT2D eigenvalue weighted by molar-refractivity contribution is -0.143. The summed E-state index contributed by atoms with van der Waals surface area (Å²) in [6.45, 7) is 1.26. The second kappa shape index (κ2) is 6.98. The van der Waals surface area contributed by atoms with Gasteiger partial charge in [-0.1, -0.05) is 48.6 Å². The van der Waals surface area contributed by atoms with E-state index in [0.29, 0.717) is 44.4 Å². The maximum absolute atomic E-state index is 12.4. The van der Waals surface area contributed by atoms with E-state index in [9.17, 15) is 9.59 Å². The zero-order valence-corrected chi connectivity index (χ0v) is 14.6. The molecule has 0 radical (unpaired) electrons. The number of hydrogen-bond donors (Lipinski definition) is 1. The second-order valence-corrected chi connectivity index (χ2v) is 7.28. The highest BCUT2D eigenvalue weighted by atomic mass is 16.6. The summed E-state index contributed by atoms with van der Waals surface area (Å²) in [6, 6.07) is 8.39. The minimum atomic E-state index is -0.774. The predicted octanol–water partition coefficient (Wildman–Crippen LogP) is 3.54. The second-order valence-electron chi connectivity index (χ2n) is 7.28. The Kier molecular flexibility index (Phi) is 4.53. The van der Waals surface area contributed by atoms with Crippen molar-refractivity contribution >= 4 is 12.1 Å². The summed E-state index contributed by atoms with van der Waals surface area (Å²) in [7, 11) is 0. The highest BCUT2D eigenvalue weighted by molar-refractivity contribution is 5.71. The molecule has 3 atom stereocenters. The van der Waals surface area contributed by atoms with Crippen LogP contribution in [0, 0.1) is 11.8 Å². The number of fused-ring (bicyclic) bond motifs is 3. The van der Waals surface area contributed by atoms with Crippen molar-refractivity contribution in [2.24, 2.45) is 11.8 Å². The summed E-state index contributed by atoms with van der Waals surface area (Å²) in [5, 5.41) is 9.07. The van der Waals surface area contributed by atoms with E-state index in [2.05, 4.69) is 42.5 Å². The maximum atomic E-state index is 12.4. The van der Waals surface area contributed by atoms with Gasteiger partial charge in [-0.25, -0.2) is 4.79 Å². The van der Waals surface area contributed by atoms with E-state index in [0.717, 1.165) is 0 Å². The number of carboxylic acids is 1. The number of likely N-dealkylation sites (tertiary alicyclic amines) is 1. The molecule has 3 unspecified atom stereocenters. The summed E-state index contributed by atoms with van der Waals surface area (Å²) in [5.74, 6) is -0.281. The van der Waals surface area contributed by atoms with Gasteiger partial charge in [0.2, 0.25) is 0 Å². The van der Waals surface area contributed by atoms with Crippen molar-refractivity contribution in [2.45, 2.75) is 24.7 Å². The number of rotatable bonds is 3. The van der Waals surface area contributed by atoms with Crippen LogP contribution in [-0.4, -0.2) is 41.8 Å². The Labute approximate surface area is 152 Å². The molecule has 2 aliphatic carbocycles. The summed E-state index contributed by atoms with van der Waals surface area (Å²) in [6.07, 6.45) is 9.25. The Bertz CT molecular complexity index is 761. The number of carbonyl (C=O) groups excluding carboxylic acids is 1. The van der Waals surface area contributed by atoms with Crippen LogP contribution in [0.3, 0.4) is 0 Å². The zero-order chi connectivity index (χ0) is 18.1. The highest BCUT2D eigenvalue weighted by Crippen LogP contribution is 2.49. The van der Waals surface area contributed by atoms with Crippen molar-refractivity contribution < 1.29 is 19.4 Å². The molecule has 1 fully saturated rings. The maximum Gasteiger partial charge on any atom is 0.409 e. The summed E-state index contributed by atoms with van der Waals surface area (Å²) < 4.78 is 5.65.